The van der Waals surface area contributed by atoms with Crippen LogP contribution in [0.1, 0.15) is 25.9 Å². The Balaban J connectivity index is 1.70. The van der Waals surface area contributed by atoms with Crippen molar-refractivity contribution in [1.82, 2.24) is 4.98 Å². The second kappa shape index (κ2) is 9.03. The van der Waals surface area contributed by atoms with E-state index in [1.807, 2.05) is 0 Å². The number of halogens is 1. The molecular formula is C20H20ClN3O4S2. The molecule has 2 aromatic carbocycles. The Labute approximate surface area is 184 Å². The van der Waals surface area contributed by atoms with Crippen LogP contribution in [0.25, 0.3) is 0 Å². The topological polar surface area (TPSA) is 97.4 Å². The molecule has 0 bridgehead atoms. The Morgan fingerprint density at radius 1 is 1.17 bits per heavy atom. The summed E-state index contributed by atoms with van der Waals surface area (Å²) < 4.78 is 31.1. The van der Waals surface area contributed by atoms with E-state index in [1.54, 1.807) is 56.3 Å². The lowest BCUT2D eigenvalue weighted by Crippen LogP contribution is -2.13. The number of carbonyl (C=O) groups excluding carboxylic acids is 1. The number of nitrogens with one attached hydrogen (secondary N) is 2. The van der Waals surface area contributed by atoms with Crippen LogP contribution < -0.4 is 14.8 Å². The summed E-state index contributed by atoms with van der Waals surface area (Å²) in [5, 5.41) is 4.07. The highest BCUT2D eigenvalue weighted by Gasteiger charge is 2.17. The maximum atomic E-state index is 12.7. The molecule has 10 heteroatoms. The highest BCUT2D eigenvalue weighted by Crippen LogP contribution is 2.25. The van der Waals surface area contributed by atoms with E-state index in [-0.39, 0.29) is 12.5 Å². The molecule has 2 N–H and O–H groups in total. The third-order valence-corrected chi connectivity index (χ3v) is 5.99. The number of nitrogens with zero attached hydrogens (tertiary/aromatic N) is 1. The fourth-order valence-electron chi connectivity index (χ4n) is 2.60. The average Bonchev–Trinajstić information content (AvgIpc) is 3.04. The van der Waals surface area contributed by atoms with Gasteiger partial charge in [-0.1, -0.05) is 17.7 Å². The van der Waals surface area contributed by atoms with Gasteiger partial charge in [-0.2, -0.15) is 0 Å². The van der Waals surface area contributed by atoms with Crippen LogP contribution in [0.15, 0.2) is 42.5 Å². The number of rotatable bonds is 7. The van der Waals surface area contributed by atoms with Gasteiger partial charge in [0, 0.05) is 10.7 Å². The molecule has 7 nitrogen and oxygen atoms in total. The van der Waals surface area contributed by atoms with Gasteiger partial charge in [-0.25, -0.2) is 13.4 Å². The Bertz CT molecular complexity index is 1180. The van der Waals surface area contributed by atoms with Crippen molar-refractivity contribution in [1.29, 1.82) is 0 Å². The predicted octanol–water partition coefficient (Wildman–Crippen LogP) is 4.62. The first-order valence-electron chi connectivity index (χ1n) is 8.85. The van der Waals surface area contributed by atoms with Crippen LogP contribution in [-0.4, -0.2) is 25.6 Å². The molecular weight excluding hydrogens is 446 g/mol. The number of ether oxygens (including phenoxy) is 1. The third kappa shape index (κ3) is 5.94. The SMILES string of the molecule is Cc1ccc(NC(=O)c2sc(COc3ccc(Cl)cc3)nc2C)cc1NS(C)(=O)=O. The van der Waals surface area contributed by atoms with Gasteiger partial charge in [0.15, 0.2) is 0 Å². The molecule has 0 saturated heterocycles. The minimum Gasteiger partial charge on any atom is -0.486 e. The molecule has 0 aliphatic heterocycles. The van der Waals surface area contributed by atoms with Crippen LogP contribution in [0, 0.1) is 13.8 Å². The van der Waals surface area contributed by atoms with Gasteiger partial charge < -0.3 is 10.1 Å². The molecule has 1 amide bonds. The largest absolute Gasteiger partial charge is 0.486 e. The zero-order chi connectivity index (χ0) is 21.9. The summed E-state index contributed by atoms with van der Waals surface area (Å²) in [6.07, 6.45) is 1.08. The number of thiazole rings is 1. The first-order valence-corrected chi connectivity index (χ1v) is 11.9. The Morgan fingerprint density at radius 3 is 2.53 bits per heavy atom. The van der Waals surface area contributed by atoms with E-state index in [2.05, 4.69) is 15.0 Å². The average molecular weight is 466 g/mol. The number of anilines is 2. The number of aromatic nitrogens is 1. The van der Waals surface area contributed by atoms with Crippen molar-refractivity contribution < 1.29 is 17.9 Å². The van der Waals surface area contributed by atoms with Gasteiger partial charge in [-0.3, -0.25) is 9.52 Å². The summed E-state index contributed by atoms with van der Waals surface area (Å²) in [6, 6.07) is 12.0. The van der Waals surface area contributed by atoms with Crippen LogP contribution in [0.4, 0.5) is 11.4 Å². The van der Waals surface area contributed by atoms with Crippen molar-refractivity contribution >= 4 is 50.2 Å². The van der Waals surface area contributed by atoms with Crippen LogP contribution in [0.3, 0.4) is 0 Å². The van der Waals surface area contributed by atoms with Gasteiger partial charge in [0.1, 0.15) is 22.2 Å². The molecule has 0 saturated carbocycles. The quantitative estimate of drug-likeness (QED) is 0.530. The highest BCUT2D eigenvalue weighted by molar-refractivity contribution is 7.92. The van der Waals surface area contributed by atoms with Gasteiger partial charge in [-0.05, 0) is 55.8 Å². The monoisotopic (exact) mass is 465 g/mol. The Morgan fingerprint density at radius 2 is 1.87 bits per heavy atom. The van der Waals surface area contributed by atoms with Crippen LogP contribution >= 0.6 is 22.9 Å². The lowest BCUT2D eigenvalue weighted by molar-refractivity contribution is 0.103. The first-order chi connectivity index (χ1) is 14.1. The van der Waals surface area contributed by atoms with Gasteiger partial charge in [0.25, 0.3) is 5.91 Å². The minimum atomic E-state index is -3.42. The van der Waals surface area contributed by atoms with Crippen LogP contribution in [0.5, 0.6) is 5.75 Å². The number of sulfonamides is 1. The van der Waals surface area contributed by atoms with Crippen molar-refractivity contribution in [2.75, 3.05) is 16.3 Å². The Hall–Kier alpha value is -2.62. The molecule has 0 aliphatic carbocycles. The van der Waals surface area contributed by atoms with Crippen molar-refractivity contribution in [2.45, 2.75) is 20.5 Å². The van der Waals surface area contributed by atoms with Crippen molar-refractivity contribution in [3.8, 4) is 5.75 Å². The number of hydrogen-bond acceptors (Lipinski definition) is 6. The van der Waals surface area contributed by atoms with E-state index in [9.17, 15) is 13.2 Å². The molecule has 0 fully saturated rings. The summed E-state index contributed by atoms with van der Waals surface area (Å²) in [6.45, 7) is 3.76. The molecule has 0 atom stereocenters. The Kier molecular flexibility index (Phi) is 6.64. The van der Waals surface area contributed by atoms with E-state index in [0.29, 0.717) is 37.7 Å². The summed E-state index contributed by atoms with van der Waals surface area (Å²) in [4.78, 5) is 17.6. The fourth-order valence-corrected chi connectivity index (χ4v) is 4.22. The maximum absolute atomic E-state index is 12.7. The summed E-state index contributed by atoms with van der Waals surface area (Å²) in [7, 11) is -3.42. The molecule has 1 heterocycles. The molecule has 0 unspecified atom stereocenters. The van der Waals surface area contributed by atoms with Gasteiger partial charge >= 0.3 is 0 Å². The predicted molar refractivity (Wildman–Crippen MR) is 120 cm³/mol. The fraction of sp³-hybridized carbons (Fsp3) is 0.200. The number of hydrogen-bond donors (Lipinski definition) is 2. The second-order valence-corrected chi connectivity index (χ2v) is 9.89. The van der Waals surface area contributed by atoms with Gasteiger partial charge in [0.2, 0.25) is 10.0 Å². The smallest absolute Gasteiger partial charge is 0.267 e. The molecule has 3 aromatic rings. The molecule has 0 radical (unpaired) electrons. The molecule has 0 spiro atoms. The number of carbonyl (C=O) groups is 1. The highest BCUT2D eigenvalue weighted by atomic mass is 35.5. The zero-order valence-corrected chi connectivity index (χ0v) is 18.9. The molecule has 3 rings (SSSR count). The zero-order valence-electron chi connectivity index (χ0n) is 16.5. The molecule has 1 aromatic heterocycles. The summed E-state index contributed by atoms with van der Waals surface area (Å²) in [5.74, 6) is 0.334. The maximum Gasteiger partial charge on any atom is 0.267 e. The lowest BCUT2D eigenvalue weighted by atomic mass is 10.2. The van der Waals surface area contributed by atoms with Crippen molar-refractivity contribution in [3.63, 3.8) is 0 Å². The van der Waals surface area contributed by atoms with E-state index in [1.165, 1.54) is 11.3 Å². The van der Waals surface area contributed by atoms with Crippen molar-refractivity contribution in [3.05, 3.63) is 68.6 Å². The third-order valence-electron chi connectivity index (χ3n) is 4.01. The van der Waals surface area contributed by atoms with Crippen LogP contribution in [0.2, 0.25) is 5.02 Å². The number of amides is 1. The standard InChI is InChI=1S/C20H20ClN3O4S2/c1-12-4-7-15(10-17(12)24-30(3,26)27)23-20(25)19-13(2)22-18(29-19)11-28-16-8-5-14(21)6-9-16/h4-10,24H,11H2,1-3H3,(H,23,25). The normalized spacial score (nSPS) is 11.2. The van der Waals surface area contributed by atoms with Gasteiger partial charge in [-0.15, -0.1) is 11.3 Å². The molecule has 158 valence electrons. The summed E-state index contributed by atoms with van der Waals surface area (Å²) in [5.41, 5.74) is 2.22. The van der Waals surface area contributed by atoms with E-state index < -0.39 is 10.0 Å². The lowest BCUT2D eigenvalue weighted by Gasteiger charge is -2.11. The minimum absolute atomic E-state index is 0.230. The van der Waals surface area contributed by atoms with E-state index in [0.717, 1.165) is 11.8 Å². The molecule has 0 aliphatic rings. The van der Waals surface area contributed by atoms with Crippen molar-refractivity contribution in [2.24, 2.45) is 0 Å². The number of benzene rings is 2. The first kappa shape index (κ1) is 22.1. The number of aryl methyl sites for hydroxylation is 2. The van der Waals surface area contributed by atoms with E-state index in [4.69, 9.17) is 16.3 Å². The van der Waals surface area contributed by atoms with Crippen LogP contribution in [-0.2, 0) is 16.6 Å². The summed E-state index contributed by atoms with van der Waals surface area (Å²) >= 11 is 7.10. The van der Waals surface area contributed by atoms with Gasteiger partial charge in [0.05, 0.1) is 17.6 Å². The van der Waals surface area contributed by atoms with E-state index >= 15 is 0 Å². The molecule has 30 heavy (non-hydrogen) atoms. The second-order valence-electron chi connectivity index (χ2n) is 6.62.